The molecule has 2 aromatic rings. The van der Waals surface area contributed by atoms with Crippen LogP contribution in [-0.4, -0.2) is 39.3 Å². The van der Waals surface area contributed by atoms with Crippen molar-refractivity contribution in [2.45, 2.75) is 38.9 Å². The Balaban J connectivity index is 1.94. The number of aryl methyl sites for hydroxylation is 1. The van der Waals surface area contributed by atoms with Gasteiger partial charge in [0.1, 0.15) is 4.88 Å². The molecule has 2 aromatic heterocycles. The summed E-state index contributed by atoms with van der Waals surface area (Å²) in [6.45, 7) is 3.26. The first-order valence-electron chi connectivity index (χ1n) is 8.88. The van der Waals surface area contributed by atoms with Gasteiger partial charge in [0.05, 0.1) is 12.8 Å². The van der Waals surface area contributed by atoms with E-state index in [0.29, 0.717) is 24.2 Å². The summed E-state index contributed by atoms with van der Waals surface area (Å²) in [6.07, 6.45) is 0.899. The van der Waals surface area contributed by atoms with Gasteiger partial charge in [-0.1, -0.05) is 11.3 Å². The third kappa shape index (κ3) is 4.50. The fourth-order valence-electron chi connectivity index (χ4n) is 2.62. The molecule has 0 unspecified atom stereocenters. The van der Waals surface area contributed by atoms with E-state index in [2.05, 4.69) is 10.1 Å². The summed E-state index contributed by atoms with van der Waals surface area (Å²) >= 11 is 0.517. The average molecular weight is 428 g/mol. The Morgan fingerprint density at radius 3 is 2.62 bits per heavy atom. The van der Waals surface area contributed by atoms with Gasteiger partial charge in [-0.3, -0.25) is 14.4 Å². The third-order valence-electron chi connectivity index (χ3n) is 4.38. The Labute approximate surface area is 168 Å². The molecule has 1 saturated carbocycles. The third-order valence-corrected chi connectivity index (χ3v) is 5.41. The summed E-state index contributed by atoms with van der Waals surface area (Å²) in [5.41, 5.74) is 0.227. The van der Waals surface area contributed by atoms with Crippen molar-refractivity contribution >= 4 is 34.4 Å². The van der Waals surface area contributed by atoms with Crippen molar-refractivity contribution < 1.29 is 27.5 Å². The Morgan fingerprint density at radius 2 is 2.10 bits per heavy atom. The number of amides is 1. The van der Waals surface area contributed by atoms with Crippen molar-refractivity contribution in [3.8, 4) is 0 Å². The first-order valence-corrected chi connectivity index (χ1v) is 9.70. The normalized spacial score (nSPS) is 14.4. The molecule has 29 heavy (non-hydrogen) atoms. The molecule has 2 heterocycles. The van der Waals surface area contributed by atoms with Gasteiger partial charge in [-0.15, -0.1) is 0 Å². The van der Waals surface area contributed by atoms with Gasteiger partial charge in [-0.2, -0.15) is 18.3 Å². The van der Waals surface area contributed by atoms with Crippen LogP contribution >= 0.6 is 11.3 Å². The second-order valence-electron chi connectivity index (χ2n) is 6.47. The van der Waals surface area contributed by atoms with E-state index in [-0.39, 0.29) is 17.8 Å². The largest absolute Gasteiger partial charge is 0.462 e. The zero-order chi connectivity index (χ0) is 21.3. The van der Waals surface area contributed by atoms with E-state index in [0.717, 1.165) is 11.3 Å². The van der Waals surface area contributed by atoms with E-state index in [4.69, 9.17) is 4.74 Å². The number of carbonyl (C=O) groups is 2. The van der Waals surface area contributed by atoms with Crippen LogP contribution < -0.4 is 4.90 Å². The van der Waals surface area contributed by atoms with Crippen molar-refractivity contribution in [3.05, 3.63) is 34.1 Å². The minimum atomic E-state index is -4.84. The fourth-order valence-corrected chi connectivity index (χ4v) is 3.68. The van der Waals surface area contributed by atoms with Crippen LogP contribution in [0.15, 0.2) is 12.3 Å². The maximum atomic E-state index is 13.4. The highest BCUT2D eigenvalue weighted by molar-refractivity contribution is 7.17. The number of halogens is 3. The molecule has 1 aliphatic rings. The molecule has 0 radical (unpaired) electrons. The Morgan fingerprint density at radius 1 is 1.41 bits per heavy atom. The Hall–Kier alpha value is -2.69. The van der Waals surface area contributed by atoms with Crippen LogP contribution in [0.5, 0.6) is 0 Å². The number of hydrogen-bond acceptors (Lipinski definition) is 6. The standard InChI is InChI=1S/C18H19F3N4O3S/c1-4-28-16(27)14-15(18(19,20)21)23-17(29-14)25(12-6-7-12)13(26)8-5-11-9-22-24(3)10(11)2/h5,8-9,12H,4,6-7H2,1-3H3. The van der Waals surface area contributed by atoms with Gasteiger partial charge in [0, 0.05) is 30.4 Å². The lowest BCUT2D eigenvalue weighted by atomic mass is 10.2. The van der Waals surface area contributed by atoms with E-state index in [1.807, 2.05) is 6.92 Å². The molecular weight excluding hydrogens is 409 g/mol. The summed E-state index contributed by atoms with van der Waals surface area (Å²) in [4.78, 5) is 28.9. The number of thiazole rings is 1. The molecule has 0 spiro atoms. The van der Waals surface area contributed by atoms with Gasteiger partial charge in [0.25, 0.3) is 5.91 Å². The second kappa shape index (κ2) is 7.97. The fraction of sp³-hybridized carbons (Fsp3) is 0.444. The summed E-state index contributed by atoms with van der Waals surface area (Å²) in [5.74, 6) is -1.61. The maximum Gasteiger partial charge on any atom is 0.435 e. The summed E-state index contributed by atoms with van der Waals surface area (Å²) in [7, 11) is 1.76. The minimum absolute atomic E-state index is 0.0676. The zero-order valence-corrected chi connectivity index (χ0v) is 16.8. The quantitative estimate of drug-likeness (QED) is 0.519. The monoisotopic (exact) mass is 428 g/mol. The summed E-state index contributed by atoms with van der Waals surface area (Å²) in [6, 6.07) is -0.246. The lowest BCUT2D eigenvalue weighted by Crippen LogP contribution is -2.31. The Kier molecular flexibility index (Phi) is 5.78. The number of nitrogens with zero attached hydrogens (tertiary/aromatic N) is 4. The number of esters is 1. The number of carbonyl (C=O) groups excluding carboxylic acids is 2. The highest BCUT2D eigenvalue weighted by Crippen LogP contribution is 2.41. The molecule has 1 fully saturated rings. The van der Waals surface area contributed by atoms with Gasteiger partial charge < -0.3 is 4.74 Å². The SMILES string of the molecule is CCOC(=O)c1sc(N(C(=O)C=Cc2cnn(C)c2C)C2CC2)nc1C(F)(F)F. The van der Waals surface area contributed by atoms with E-state index in [1.54, 1.807) is 24.0 Å². The molecule has 1 amide bonds. The average Bonchev–Trinajstić information content (AvgIpc) is 3.28. The van der Waals surface area contributed by atoms with Crippen LogP contribution in [0, 0.1) is 6.92 Å². The van der Waals surface area contributed by atoms with Crippen LogP contribution in [0.3, 0.4) is 0 Å². The number of aromatic nitrogens is 3. The molecule has 0 bridgehead atoms. The first-order chi connectivity index (χ1) is 13.6. The number of hydrogen-bond donors (Lipinski definition) is 0. The second-order valence-corrected chi connectivity index (χ2v) is 7.45. The van der Waals surface area contributed by atoms with Crippen molar-refractivity contribution in [3.63, 3.8) is 0 Å². The van der Waals surface area contributed by atoms with Crippen molar-refractivity contribution in [2.24, 2.45) is 7.05 Å². The van der Waals surface area contributed by atoms with Crippen LogP contribution in [-0.2, 0) is 22.8 Å². The number of ether oxygens (including phenoxy) is 1. The van der Waals surface area contributed by atoms with Gasteiger partial charge in [0.2, 0.25) is 0 Å². The van der Waals surface area contributed by atoms with Gasteiger partial charge in [0.15, 0.2) is 10.8 Å². The lowest BCUT2D eigenvalue weighted by molar-refractivity contribution is -0.141. The predicted molar refractivity (Wildman–Crippen MR) is 101 cm³/mol. The van der Waals surface area contributed by atoms with Crippen LogP contribution in [0.1, 0.15) is 46.4 Å². The zero-order valence-electron chi connectivity index (χ0n) is 16.0. The molecule has 0 atom stereocenters. The van der Waals surface area contributed by atoms with E-state index >= 15 is 0 Å². The van der Waals surface area contributed by atoms with Crippen LogP contribution in [0.4, 0.5) is 18.3 Å². The topological polar surface area (TPSA) is 77.3 Å². The molecule has 0 aliphatic heterocycles. The maximum absolute atomic E-state index is 13.4. The van der Waals surface area contributed by atoms with Gasteiger partial charge in [-0.05, 0) is 32.8 Å². The highest BCUT2D eigenvalue weighted by atomic mass is 32.1. The highest BCUT2D eigenvalue weighted by Gasteiger charge is 2.43. The smallest absolute Gasteiger partial charge is 0.435 e. The van der Waals surface area contributed by atoms with Crippen LogP contribution in [0.25, 0.3) is 6.08 Å². The lowest BCUT2D eigenvalue weighted by Gasteiger charge is -2.17. The molecule has 156 valence electrons. The predicted octanol–water partition coefficient (Wildman–Crippen LogP) is 3.59. The van der Waals surface area contributed by atoms with Gasteiger partial charge in [-0.25, -0.2) is 9.78 Å². The van der Waals surface area contributed by atoms with Crippen LogP contribution in [0.2, 0.25) is 0 Å². The first kappa shape index (κ1) is 21.0. The molecule has 7 nitrogen and oxygen atoms in total. The molecule has 0 saturated heterocycles. The number of rotatable bonds is 6. The number of alkyl halides is 3. The molecule has 3 rings (SSSR count). The van der Waals surface area contributed by atoms with E-state index in [9.17, 15) is 22.8 Å². The van der Waals surface area contributed by atoms with Crippen molar-refractivity contribution in [2.75, 3.05) is 11.5 Å². The molecular formula is C18H19F3N4O3S. The molecule has 0 aromatic carbocycles. The minimum Gasteiger partial charge on any atom is -0.462 e. The Bertz CT molecular complexity index is 960. The molecule has 11 heteroatoms. The summed E-state index contributed by atoms with van der Waals surface area (Å²) in [5, 5.41) is 3.91. The van der Waals surface area contributed by atoms with Crippen molar-refractivity contribution in [1.29, 1.82) is 0 Å². The van der Waals surface area contributed by atoms with Gasteiger partial charge >= 0.3 is 12.1 Å². The molecule has 0 N–H and O–H groups in total. The van der Waals surface area contributed by atoms with E-state index in [1.165, 1.54) is 17.9 Å². The molecule has 1 aliphatic carbocycles. The van der Waals surface area contributed by atoms with E-state index < -0.39 is 28.6 Å². The van der Waals surface area contributed by atoms with Crippen molar-refractivity contribution in [1.82, 2.24) is 14.8 Å². The number of anilines is 1. The summed E-state index contributed by atoms with van der Waals surface area (Å²) < 4.78 is 46.5.